The summed E-state index contributed by atoms with van der Waals surface area (Å²) in [5, 5.41) is 33.7. The van der Waals surface area contributed by atoms with Gasteiger partial charge in [-0.3, -0.25) is 14.4 Å². The lowest BCUT2D eigenvalue weighted by Crippen LogP contribution is -2.67. The van der Waals surface area contributed by atoms with Crippen LogP contribution >= 0.6 is 0 Å². The second-order valence-corrected chi connectivity index (χ2v) is 26.2. The average Bonchev–Trinajstić information content (AvgIpc) is 3.45. The summed E-state index contributed by atoms with van der Waals surface area (Å²) >= 11 is 0. The SMILES string of the molecule is CCCC(=O)C(C(=O)O)C(OCCCCCCCCCCCCCCCCCC(C)C)(C(=O)O)C(CCCCCCCCCCCCCCCCCC(C)C)(CCCCCCCCCCCCCCCCCC(C)C)C(=O)O. The summed E-state index contributed by atoms with van der Waals surface area (Å²) in [4.78, 5) is 55.4. The van der Waals surface area contributed by atoms with E-state index in [2.05, 4.69) is 41.5 Å². The molecule has 2 atom stereocenters. The first kappa shape index (κ1) is 76.0. The fraction of sp³-hybridized carbons (Fsp3) is 0.943. The van der Waals surface area contributed by atoms with Crippen LogP contribution in [0.15, 0.2) is 0 Å². The van der Waals surface area contributed by atoms with E-state index in [9.17, 15) is 34.5 Å². The van der Waals surface area contributed by atoms with Crippen LogP contribution < -0.4 is 0 Å². The van der Waals surface area contributed by atoms with Gasteiger partial charge in [0.15, 0.2) is 11.7 Å². The Kier molecular flexibility index (Phi) is 51.7. The normalized spacial score (nSPS) is 13.3. The molecule has 2 unspecified atom stereocenters. The van der Waals surface area contributed by atoms with Gasteiger partial charge in [0, 0.05) is 13.0 Å². The first-order valence-corrected chi connectivity index (χ1v) is 34.6. The number of ether oxygens (including phenoxy) is 1. The predicted octanol–water partition coefficient (Wildman–Crippen LogP) is 22.4. The molecule has 0 rings (SSSR count). The molecule has 0 fully saturated rings. The first-order chi connectivity index (χ1) is 37.7. The Bertz CT molecular complexity index is 1330. The summed E-state index contributed by atoms with van der Waals surface area (Å²) in [6, 6.07) is 0. The third kappa shape index (κ3) is 39.5. The number of hydrogen-bond acceptors (Lipinski definition) is 5. The highest BCUT2D eigenvalue weighted by Gasteiger charge is 2.69. The lowest BCUT2D eigenvalue weighted by atomic mass is 9.59. The summed E-state index contributed by atoms with van der Waals surface area (Å²) in [5.41, 5.74) is -4.81. The molecule has 3 N–H and O–H groups in total. The van der Waals surface area contributed by atoms with Crippen LogP contribution in [0.3, 0.4) is 0 Å². The topological polar surface area (TPSA) is 138 Å². The Morgan fingerprint density at radius 3 is 0.769 bits per heavy atom. The van der Waals surface area contributed by atoms with E-state index in [1.165, 1.54) is 212 Å². The van der Waals surface area contributed by atoms with Gasteiger partial charge in [-0.2, -0.15) is 0 Å². The fourth-order valence-electron chi connectivity index (χ4n) is 12.4. The molecule has 0 saturated heterocycles. The molecule has 0 aromatic carbocycles. The zero-order valence-corrected chi connectivity index (χ0v) is 53.2. The third-order valence-corrected chi connectivity index (χ3v) is 17.4. The van der Waals surface area contributed by atoms with E-state index in [1.54, 1.807) is 6.92 Å². The van der Waals surface area contributed by atoms with Crippen molar-refractivity contribution in [3.8, 4) is 0 Å². The van der Waals surface area contributed by atoms with Gasteiger partial charge in [0.25, 0.3) is 0 Å². The number of Topliss-reactive ketones (excluding diaryl/α,β-unsaturated/α-hetero) is 1. The highest BCUT2D eigenvalue weighted by atomic mass is 16.5. The quantitative estimate of drug-likeness (QED) is 0.0404. The Morgan fingerprint density at radius 2 is 0.564 bits per heavy atom. The summed E-state index contributed by atoms with van der Waals surface area (Å²) in [7, 11) is 0. The van der Waals surface area contributed by atoms with Gasteiger partial charge in [-0.15, -0.1) is 0 Å². The van der Waals surface area contributed by atoms with Crippen molar-refractivity contribution in [1.82, 2.24) is 0 Å². The molecule has 78 heavy (non-hydrogen) atoms. The molecular weight excluding hydrogens is 969 g/mol. The molecule has 0 aliphatic heterocycles. The second kappa shape index (κ2) is 53.1. The lowest BCUT2D eigenvalue weighted by molar-refractivity contribution is -0.219. The first-order valence-electron chi connectivity index (χ1n) is 34.6. The number of carbonyl (C=O) groups is 4. The molecule has 8 heteroatoms. The standard InChI is InChI=1S/C70H134O8/c1-8-54-64(71)65(66(72)73)70(68(76)77,78-60-53-47-41-35-29-23-17-11-14-20-26-32-38-44-50-57-63(6)7)69(67(74)75,58-51-45-39-33-27-21-15-9-12-18-24-30-36-42-48-55-61(2)3)59-52-46-40-34-28-22-16-10-13-19-25-31-37-43-49-56-62(4)5/h61-63,65H,8-60H2,1-7H3,(H,72,73)(H,74,75)(H,76,77). The number of carbonyl (C=O) groups excluding carboxylic acids is 1. The fourth-order valence-corrected chi connectivity index (χ4v) is 12.4. The van der Waals surface area contributed by atoms with Crippen molar-refractivity contribution in [1.29, 1.82) is 0 Å². The number of carboxylic acids is 3. The van der Waals surface area contributed by atoms with E-state index >= 15 is 0 Å². The lowest BCUT2D eigenvalue weighted by Gasteiger charge is -2.47. The number of unbranched alkanes of at least 4 members (excludes halogenated alkanes) is 42. The van der Waals surface area contributed by atoms with Crippen molar-refractivity contribution in [2.75, 3.05) is 6.61 Å². The number of hydrogen-bond donors (Lipinski definition) is 3. The van der Waals surface area contributed by atoms with E-state index < -0.39 is 40.6 Å². The summed E-state index contributed by atoms with van der Waals surface area (Å²) < 4.78 is 6.43. The molecule has 462 valence electrons. The molecule has 8 nitrogen and oxygen atoms in total. The smallest absolute Gasteiger partial charge is 0.338 e. The van der Waals surface area contributed by atoms with Crippen molar-refractivity contribution < 1.29 is 39.2 Å². The Labute approximate surface area is 484 Å². The van der Waals surface area contributed by atoms with Crippen LogP contribution in [0.2, 0.25) is 0 Å². The highest BCUT2D eigenvalue weighted by molar-refractivity contribution is 6.06. The van der Waals surface area contributed by atoms with E-state index in [-0.39, 0.29) is 25.9 Å². The van der Waals surface area contributed by atoms with Crippen LogP contribution in [0.4, 0.5) is 0 Å². The Morgan fingerprint density at radius 1 is 0.333 bits per heavy atom. The predicted molar refractivity (Wildman–Crippen MR) is 333 cm³/mol. The summed E-state index contributed by atoms with van der Waals surface area (Å²) in [6.07, 6.45) is 56.3. The van der Waals surface area contributed by atoms with Gasteiger partial charge in [-0.25, -0.2) is 4.79 Å². The van der Waals surface area contributed by atoms with Crippen LogP contribution in [-0.4, -0.2) is 51.2 Å². The van der Waals surface area contributed by atoms with E-state index in [0.29, 0.717) is 25.7 Å². The van der Waals surface area contributed by atoms with Crippen molar-refractivity contribution >= 4 is 23.7 Å². The van der Waals surface area contributed by atoms with Crippen LogP contribution in [0.5, 0.6) is 0 Å². The van der Waals surface area contributed by atoms with Gasteiger partial charge < -0.3 is 20.1 Å². The van der Waals surface area contributed by atoms with Crippen molar-refractivity contribution in [3.05, 3.63) is 0 Å². The largest absolute Gasteiger partial charge is 0.481 e. The van der Waals surface area contributed by atoms with Crippen LogP contribution in [-0.2, 0) is 23.9 Å². The highest BCUT2D eigenvalue weighted by Crippen LogP contribution is 2.50. The number of carboxylic acid groups (broad SMARTS) is 3. The minimum absolute atomic E-state index is 0.0356. The maximum absolute atomic E-state index is 14.1. The van der Waals surface area contributed by atoms with Gasteiger partial charge >= 0.3 is 17.9 Å². The molecule has 0 heterocycles. The molecule has 0 aliphatic carbocycles. The zero-order valence-electron chi connectivity index (χ0n) is 53.2. The number of ketones is 1. The molecule has 0 saturated carbocycles. The Hall–Kier alpha value is -1.96. The molecule has 0 spiro atoms. The van der Waals surface area contributed by atoms with E-state index in [4.69, 9.17) is 4.74 Å². The Balaban J connectivity index is 5.62. The summed E-state index contributed by atoms with van der Waals surface area (Å²) in [6.45, 7) is 15.5. The molecule has 0 amide bonds. The average molecular weight is 1100 g/mol. The molecule has 0 aromatic heterocycles. The third-order valence-electron chi connectivity index (χ3n) is 17.4. The minimum Gasteiger partial charge on any atom is -0.481 e. The van der Waals surface area contributed by atoms with Crippen LogP contribution in [0.1, 0.15) is 382 Å². The van der Waals surface area contributed by atoms with Crippen molar-refractivity contribution in [2.45, 2.75) is 388 Å². The maximum atomic E-state index is 14.1. The molecule has 0 aliphatic rings. The molecule has 0 radical (unpaired) electrons. The van der Waals surface area contributed by atoms with Gasteiger partial charge in [-0.1, -0.05) is 350 Å². The van der Waals surface area contributed by atoms with E-state index in [0.717, 1.165) is 94.8 Å². The molecular formula is C70H134O8. The summed E-state index contributed by atoms with van der Waals surface area (Å²) in [5.74, 6) is -5.04. The van der Waals surface area contributed by atoms with Crippen LogP contribution in [0.25, 0.3) is 0 Å². The van der Waals surface area contributed by atoms with Gasteiger partial charge in [0.2, 0.25) is 5.60 Å². The molecule has 0 bridgehead atoms. The van der Waals surface area contributed by atoms with Gasteiger partial charge in [0.1, 0.15) is 5.41 Å². The maximum Gasteiger partial charge on any atom is 0.338 e. The van der Waals surface area contributed by atoms with Gasteiger partial charge in [-0.05, 0) is 43.4 Å². The zero-order chi connectivity index (χ0) is 57.8. The number of aliphatic carboxylic acids is 3. The van der Waals surface area contributed by atoms with Crippen molar-refractivity contribution in [3.63, 3.8) is 0 Å². The van der Waals surface area contributed by atoms with Crippen molar-refractivity contribution in [2.24, 2.45) is 29.1 Å². The molecule has 0 aromatic rings. The van der Waals surface area contributed by atoms with Crippen LogP contribution in [0, 0.1) is 29.1 Å². The number of rotatable bonds is 63. The monoisotopic (exact) mass is 1100 g/mol. The second-order valence-electron chi connectivity index (χ2n) is 26.2. The van der Waals surface area contributed by atoms with E-state index in [1.807, 2.05) is 0 Å². The van der Waals surface area contributed by atoms with Gasteiger partial charge in [0.05, 0.1) is 0 Å². The minimum atomic E-state index is -2.73.